The highest BCUT2D eigenvalue weighted by molar-refractivity contribution is 5.65. The van der Waals surface area contributed by atoms with E-state index in [-0.39, 0.29) is 30.1 Å². The van der Waals surface area contributed by atoms with Crippen molar-refractivity contribution in [2.45, 2.75) is 6.10 Å². The number of carbonyl (C=O) groups excluding carboxylic acids is 1. The molecular formula is C12H13NO8. The van der Waals surface area contributed by atoms with Crippen molar-refractivity contribution in [2.24, 2.45) is 0 Å². The fourth-order valence-electron chi connectivity index (χ4n) is 1.50. The van der Waals surface area contributed by atoms with E-state index in [0.29, 0.717) is 0 Å². The van der Waals surface area contributed by atoms with Crippen LogP contribution in [0, 0.1) is 0 Å². The van der Waals surface area contributed by atoms with Gasteiger partial charge in [0.05, 0.1) is 12.6 Å². The van der Waals surface area contributed by atoms with Gasteiger partial charge in [-0.05, 0) is 17.7 Å². The fourth-order valence-corrected chi connectivity index (χ4v) is 1.50. The molecule has 0 aliphatic carbocycles. The summed E-state index contributed by atoms with van der Waals surface area (Å²) in [6.45, 7) is -0.131. The largest absolute Gasteiger partial charge is 0.511 e. The summed E-state index contributed by atoms with van der Waals surface area (Å²) in [7, 11) is 1.27. The lowest BCUT2D eigenvalue weighted by Crippen LogP contribution is -2.29. The van der Waals surface area contributed by atoms with Crippen molar-refractivity contribution in [1.29, 1.82) is 0 Å². The standard InChI is InChI=1S/C12H13NO8/c1-13(11(16)17)5-8(15)7-2-3-9(20-6-14)10(4-7)21-12(18)19/h2-4,6,8,15H,5H2,1H3,(H,16,17)(H,18,19). The molecule has 3 N–H and O–H groups in total. The van der Waals surface area contributed by atoms with Gasteiger partial charge in [0.2, 0.25) is 0 Å². The van der Waals surface area contributed by atoms with E-state index in [1.807, 2.05) is 0 Å². The minimum absolute atomic E-state index is 0.0956. The maximum Gasteiger partial charge on any atom is 0.511 e. The predicted molar refractivity (Wildman–Crippen MR) is 67.4 cm³/mol. The Morgan fingerprint density at radius 1 is 1.33 bits per heavy atom. The Labute approximate surface area is 118 Å². The molecular weight excluding hydrogens is 286 g/mol. The van der Waals surface area contributed by atoms with Gasteiger partial charge >= 0.3 is 12.2 Å². The number of benzene rings is 1. The SMILES string of the molecule is CN(CC(O)c1ccc(OC=O)c(OC(=O)O)c1)C(=O)O. The summed E-state index contributed by atoms with van der Waals surface area (Å²) in [4.78, 5) is 32.4. The molecule has 1 rings (SSSR count). The molecule has 1 atom stereocenters. The highest BCUT2D eigenvalue weighted by atomic mass is 16.7. The number of likely N-dealkylation sites (N-methyl/N-ethyl adjacent to an activating group) is 1. The molecule has 0 radical (unpaired) electrons. The van der Waals surface area contributed by atoms with Crippen molar-refractivity contribution in [2.75, 3.05) is 13.6 Å². The van der Waals surface area contributed by atoms with Crippen molar-refractivity contribution in [3.63, 3.8) is 0 Å². The van der Waals surface area contributed by atoms with E-state index in [0.717, 1.165) is 11.0 Å². The number of aliphatic hydroxyl groups is 1. The van der Waals surface area contributed by atoms with Gasteiger partial charge in [-0.1, -0.05) is 6.07 Å². The number of hydrogen-bond acceptors (Lipinski definition) is 6. The second kappa shape index (κ2) is 7.10. The van der Waals surface area contributed by atoms with Gasteiger partial charge < -0.3 is 29.7 Å². The summed E-state index contributed by atoms with van der Waals surface area (Å²) in [5, 5.41) is 27.2. The van der Waals surface area contributed by atoms with Crippen LogP contribution in [-0.4, -0.2) is 52.5 Å². The Hall–Kier alpha value is -2.81. The molecule has 9 heteroatoms. The lowest BCUT2D eigenvalue weighted by Gasteiger charge is -2.18. The van der Waals surface area contributed by atoms with Gasteiger partial charge in [0.15, 0.2) is 11.5 Å². The van der Waals surface area contributed by atoms with Gasteiger partial charge in [-0.2, -0.15) is 0 Å². The van der Waals surface area contributed by atoms with Crippen LogP contribution >= 0.6 is 0 Å². The Morgan fingerprint density at radius 2 is 2.00 bits per heavy atom. The zero-order valence-corrected chi connectivity index (χ0v) is 10.9. The van der Waals surface area contributed by atoms with Crippen LogP contribution in [0.5, 0.6) is 11.5 Å². The summed E-state index contributed by atoms with van der Waals surface area (Å²) < 4.78 is 8.97. The first kappa shape index (κ1) is 16.2. The first-order valence-corrected chi connectivity index (χ1v) is 5.62. The third kappa shape index (κ3) is 4.66. The van der Waals surface area contributed by atoms with Crippen LogP contribution in [0.15, 0.2) is 18.2 Å². The molecule has 9 nitrogen and oxygen atoms in total. The Morgan fingerprint density at radius 3 is 2.52 bits per heavy atom. The van der Waals surface area contributed by atoms with E-state index in [1.54, 1.807) is 0 Å². The van der Waals surface area contributed by atoms with Crippen molar-refractivity contribution in [3.8, 4) is 11.5 Å². The van der Waals surface area contributed by atoms with E-state index < -0.39 is 18.4 Å². The first-order chi connectivity index (χ1) is 9.85. The minimum Gasteiger partial charge on any atom is -0.465 e. The monoisotopic (exact) mass is 299 g/mol. The maximum atomic E-state index is 10.7. The van der Waals surface area contributed by atoms with E-state index in [1.165, 1.54) is 19.2 Å². The van der Waals surface area contributed by atoms with Gasteiger partial charge in [-0.25, -0.2) is 9.59 Å². The minimum atomic E-state index is -1.62. The average molecular weight is 299 g/mol. The molecule has 21 heavy (non-hydrogen) atoms. The number of amides is 1. The highest BCUT2D eigenvalue weighted by Crippen LogP contribution is 2.30. The third-order valence-corrected chi connectivity index (χ3v) is 2.50. The zero-order valence-electron chi connectivity index (χ0n) is 10.9. The van der Waals surface area contributed by atoms with Crippen LogP contribution in [0.2, 0.25) is 0 Å². The molecule has 0 heterocycles. The third-order valence-electron chi connectivity index (χ3n) is 2.50. The number of hydrogen-bond donors (Lipinski definition) is 3. The van der Waals surface area contributed by atoms with Gasteiger partial charge in [0, 0.05) is 7.05 Å². The number of rotatable bonds is 6. The molecule has 0 spiro atoms. The quantitative estimate of drug-likeness (QED) is 0.401. The molecule has 0 bridgehead atoms. The highest BCUT2D eigenvalue weighted by Gasteiger charge is 2.17. The molecule has 1 aromatic carbocycles. The molecule has 1 aromatic rings. The lowest BCUT2D eigenvalue weighted by atomic mass is 10.1. The average Bonchev–Trinajstić information content (AvgIpc) is 2.40. The van der Waals surface area contributed by atoms with Crippen molar-refractivity contribution in [3.05, 3.63) is 23.8 Å². The zero-order chi connectivity index (χ0) is 16.0. The van der Waals surface area contributed by atoms with Crippen LogP contribution in [0.4, 0.5) is 9.59 Å². The number of ether oxygens (including phenoxy) is 2. The van der Waals surface area contributed by atoms with Crippen LogP contribution < -0.4 is 9.47 Å². The molecule has 0 aliphatic rings. The summed E-state index contributed by atoms with van der Waals surface area (Å²) in [5.74, 6) is -0.431. The van der Waals surface area contributed by atoms with Crippen molar-refractivity contribution in [1.82, 2.24) is 4.90 Å². The van der Waals surface area contributed by atoms with E-state index in [4.69, 9.17) is 10.2 Å². The topological polar surface area (TPSA) is 134 Å². The van der Waals surface area contributed by atoms with Gasteiger partial charge in [-0.15, -0.1) is 0 Å². The molecule has 114 valence electrons. The number of carboxylic acid groups (broad SMARTS) is 2. The number of carbonyl (C=O) groups is 3. The number of nitrogens with zero attached hydrogens (tertiary/aromatic N) is 1. The Kier molecular flexibility index (Phi) is 5.49. The second-order valence-electron chi connectivity index (χ2n) is 3.97. The van der Waals surface area contributed by atoms with Crippen molar-refractivity contribution < 1.29 is 39.2 Å². The van der Waals surface area contributed by atoms with E-state index in [2.05, 4.69) is 9.47 Å². The summed E-state index contributed by atoms with van der Waals surface area (Å²) >= 11 is 0. The lowest BCUT2D eigenvalue weighted by molar-refractivity contribution is -0.120. The van der Waals surface area contributed by atoms with Crippen molar-refractivity contribution >= 4 is 18.7 Å². The van der Waals surface area contributed by atoms with Gasteiger partial charge in [-0.3, -0.25) is 4.79 Å². The molecule has 0 fully saturated rings. The smallest absolute Gasteiger partial charge is 0.465 e. The van der Waals surface area contributed by atoms with Crippen LogP contribution in [0.3, 0.4) is 0 Å². The fraction of sp³-hybridized carbons (Fsp3) is 0.250. The molecule has 0 aliphatic heterocycles. The molecule has 0 saturated heterocycles. The molecule has 0 saturated carbocycles. The maximum absolute atomic E-state index is 10.7. The predicted octanol–water partition coefficient (Wildman–Crippen LogP) is 0.922. The Bertz CT molecular complexity index is 544. The molecule has 1 amide bonds. The first-order valence-electron chi connectivity index (χ1n) is 5.62. The van der Waals surface area contributed by atoms with Gasteiger partial charge in [0.25, 0.3) is 6.47 Å². The summed E-state index contributed by atoms with van der Waals surface area (Å²) in [6, 6.07) is 3.73. The molecule has 1 unspecified atom stereocenters. The normalized spacial score (nSPS) is 11.3. The molecule has 0 aromatic heterocycles. The van der Waals surface area contributed by atoms with Crippen LogP contribution in [-0.2, 0) is 4.79 Å². The second-order valence-corrected chi connectivity index (χ2v) is 3.97. The van der Waals surface area contributed by atoms with Crippen LogP contribution in [0.25, 0.3) is 0 Å². The summed E-state index contributed by atoms with van der Waals surface area (Å²) in [5.41, 5.74) is 0.206. The van der Waals surface area contributed by atoms with E-state index in [9.17, 15) is 19.5 Å². The van der Waals surface area contributed by atoms with E-state index >= 15 is 0 Å². The Balaban J connectivity index is 3.00. The summed E-state index contributed by atoms with van der Waals surface area (Å²) in [6.07, 6.45) is -4.05. The van der Waals surface area contributed by atoms with Gasteiger partial charge in [0.1, 0.15) is 0 Å². The van der Waals surface area contributed by atoms with Crippen LogP contribution in [0.1, 0.15) is 11.7 Å². The number of aliphatic hydroxyl groups excluding tert-OH is 1.